The van der Waals surface area contributed by atoms with Crippen molar-refractivity contribution >= 4 is 40.3 Å². The molecule has 0 bridgehead atoms. The maximum Gasteiger partial charge on any atom is 0.434 e. The molecule has 182 valence electrons. The molecule has 4 aromatic rings. The molecule has 0 saturated carbocycles. The number of hydrogen-bond acceptors (Lipinski definition) is 5. The SMILES string of the molecule is C[C@@]1(c2ncc(NC(=O)c3cnn(-c4ccc(Cl)n5nccc45)c3C(F)(F)F)cc2Cl)CCCO1. The van der Waals surface area contributed by atoms with Crippen LogP contribution in [0.5, 0.6) is 0 Å². The van der Waals surface area contributed by atoms with Gasteiger partial charge in [0, 0.05) is 6.61 Å². The van der Waals surface area contributed by atoms with Gasteiger partial charge in [0.05, 0.1) is 51.8 Å². The van der Waals surface area contributed by atoms with Crippen LogP contribution in [0.15, 0.2) is 42.9 Å². The lowest BCUT2D eigenvalue weighted by molar-refractivity contribution is -0.143. The molecule has 1 saturated heterocycles. The molecule has 8 nitrogen and oxygen atoms in total. The second-order valence-electron chi connectivity index (χ2n) is 8.18. The summed E-state index contributed by atoms with van der Waals surface area (Å²) >= 11 is 12.4. The van der Waals surface area contributed by atoms with E-state index in [2.05, 4.69) is 20.5 Å². The zero-order valence-corrected chi connectivity index (χ0v) is 19.6. The van der Waals surface area contributed by atoms with Crippen LogP contribution in [0.1, 0.15) is 41.5 Å². The van der Waals surface area contributed by atoms with Crippen molar-refractivity contribution in [2.75, 3.05) is 11.9 Å². The molecule has 5 rings (SSSR count). The predicted octanol–water partition coefficient (Wildman–Crippen LogP) is 5.52. The minimum atomic E-state index is -4.89. The number of halogens is 5. The number of amides is 1. The quantitative estimate of drug-likeness (QED) is 0.355. The normalized spacial score (nSPS) is 18.3. The first kappa shape index (κ1) is 23.6. The van der Waals surface area contributed by atoms with Gasteiger partial charge in [-0.25, -0.2) is 9.20 Å². The number of fused-ring (bicyclic) bond motifs is 1. The largest absolute Gasteiger partial charge is 0.434 e. The van der Waals surface area contributed by atoms with Gasteiger partial charge >= 0.3 is 6.18 Å². The monoisotopic (exact) mass is 524 g/mol. The van der Waals surface area contributed by atoms with Gasteiger partial charge in [0.25, 0.3) is 5.91 Å². The molecular weight excluding hydrogens is 508 g/mol. The number of carbonyl (C=O) groups excluding carboxylic acids is 1. The number of alkyl halides is 3. The van der Waals surface area contributed by atoms with E-state index < -0.39 is 28.9 Å². The molecule has 1 N–H and O–H groups in total. The Labute approximate surface area is 206 Å². The Morgan fingerprint density at radius 2 is 2.00 bits per heavy atom. The first-order valence-corrected chi connectivity index (χ1v) is 11.2. The van der Waals surface area contributed by atoms with Crippen molar-refractivity contribution < 1.29 is 22.7 Å². The summed E-state index contributed by atoms with van der Waals surface area (Å²) in [5, 5.41) is 10.7. The van der Waals surface area contributed by atoms with Crippen LogP contribution in [0.4, 0.5) is 18.9 Å². The highest BCUT2D eigenvalue weighted by Crippen LogP contribution is 2.39. The van der Waals surface area contributed by atoms with Crippen LogP contribution in [-0.2, 0) is 16.5 Å². The number of nitrogens with zero attached hydrogens (tertiary/aromatic N) is 5. The van der Waals surface area contributed by atoms with Gasteiger partial charge in [0.15, 0.2) is 5.69 Å². The molecule has 0 unspecified atom stereocenters. The summed E-state index contributed by atoms with van der Waals surface area (Å²) < 4.78 is 50.0. The van der Waals surface area contributed by atoms with Crippen LogP contribution >= 0.6 is 23.2 Å². The molecule has 1 fully saturated rings. The van der Waals surface area contributed by atoms with E-state index in [4.69, 9.17) is 27.9 Å². The predicted molar refractivity (Wildman–Crippen MR) is 122 cm³/mol. The Bertz CT molecular complexity index is 1440. The van der Waals surface area contributed by atoms with Crippen LogP contribution in [0, 0.1) is 0 Å². The molecule has 1 atom stereocenters. The summed E-state index contributed by atoms with van der Waals surface area (Å²) in [6, 6.07) is 5.69. The van der Waals surface area contributed by atoms with Crippen molar-refractivity contribution in [3.05, 3.63) is 70.0 Å². The van der Waals surface area contributed by atoms with E-state index in [0.717, 1.165) is 19.0 Å². The van der Waals surface area contributed by atoms with Crippen molar-refractivity contribution in [2.45, 2.75) is 31.5 Å². The fraction of sp³-hybridized carbons (Fsp3) is 0.273. The summed E-state index contributed by atoms with van der Waals surface area (Å²) in [7, 11) is 0. The van der Waals surface area contributed by atoms with E-state index in [9.17, 15) is 18.0 Å². The van der Waals surface area contributed by atoms with Crippen molar-refractivity contribution in [2.24, 2.45) is 0 Å². The summed E-state index contributed by atoms with van der Waals surface area (Å²) in [5.41, 5.74) is -1.59. The van der Waals surface area contributed by atoms with E-state index in [-0.39, 0.29) is 27.1 Å². The molecule has 0 spiro atoms. The molecule has 13 heteroatoms. The average Bonchev–Trinajstić information content (AvgIpc) is 3.53. The van der Waals surface area contributed by atoms with Gasteiger partial charge in [-0.2, -0.15) is 23.4 Å². The molecule has 4 aromatic heterocycles. The van der Waals surface area contributed by atoms with Crippen LogP contribution < -0.4 is 5.32 Å². The minimum absolute atomic E-state index is 0.0529. The second kappa shape index (κ2) is 8.51. The Morgan fingerprint density at radius 3 is 2.69 bits per heavy atom. The topological polar surface area (TPSA) is 86.3 Å². The van der Waals surface area contributed by atoms with Crippen LogP contribution in [-0.4, -0.2) is 36.9 Å². The number of nitrogens with one attached hydrogen (secondary N) is 1. The van der Waals surface area contributed by atoms with E-state index >= 15 is 0 Å². The fourth-order valence-corrected chi connectivity index (χ4v) is 4.74. The third-order valence-corrected chi connectivity index (χ3v) is 6.39. The number of ether oxygens (including phenoxy) is 1. The van der Waals surface area contributed by atoms with Crippen LogP contribution in [0.25, 0.3) is 11.2 Å². The van der Waals surface area contributed by atoms with Gasteiger partial charge < -0.3 is 10.1 Å². The van der Waals surface area contributed by atoms with Crippen molar-refractivity contribution in [1.82, 2.24) is 24.4 Å². The second-order valence-corrected chi connectivity index (χ2v) is 8.97. The van der Waals surface area contributed by atoms with Crippen LogP contribution in [0.2, 0.25) is 10.2 Å². The Balaban J connectivity index is 1.50. The maximum absolute atomic E-state index is 14.1. The van der Waals surface area contributed by atoms with Gasteiger partial charge in [-0.1, -0.05) is 23.2 Å². The third-order valence-electron chi connectivity index (χ3n) is 5.82. The Morgan fingerprint density at radius 1 is 1.20 bits per heavy atom. The highest BCUT2D eigenvalue weighted by Gasteiger charge is 2.41. The number of anilines is 1. The molecule has 35 heavy (non-hydrogen) atoms. The summed E-state index contributed by atoms with van der Waals surface area (Å²) in [4.78, 5) is 17.2. The Kier molecular flexibility index (Phi) is 5.73. The van der Waals surface area contributed by atoms with Crippen molar-refractivity contribution in [3.8, 4) is 5.69 Å². The van der Waals surface area contributed by atoms with E-state index in [0.29, 0.717) is 17.0 Å². The number of aromatic nitrogens is 5. The van der Waals surface area contributed by atoms with Gasteiger partial charge in [0.1, 0.15) is 10.8 Å². The first-order valence-electron chi connectivity index (χ1n) is 10.5. The van der Waals surface area contributed by atoms with E-state index in [1.165, 1.54) is 41.2 Å². The highest BCUT2D eigenvalue weighted by atomic mass is 35.5. The number of pyridine rings is 2. The van der Waals surface area contributed by atoms with Crippen LogP contribution in [0.3, 0.4) is 0 Å². The van der Waals surface area contributed by atoms with Gasteiger partial charge in [-0.15, -0.1) is 0 Å². The molecule has 0 aromatic carbocycles. The standard InChI is InChI=1S/C22H17Cl2F3N6O2/c1-21(6-2-8-35-21)18-14(23)9-12(10-28-18)31-20(34)13-11-30-33(19(13)22(25,26)27)15-3-4-17(24)32-16(15)5-7-29-32/h3-5,7,9-11H,2,6,8H2,1H3,(H,31,34)/t21-/m0/s1. The molecule has 1 aliphatic rings. The lowest BCUT2D eigenvalue weighted by Crippen LogP contribution is -2.23. The summed E-state index contributed by atoms with van der Waals surface area (Å²) in [6.45, 7) is 2.45. The lowest BCUT2D eigenvalue weighted by atomic mass is 9.98. The molecular formula is C22H17Cl2F3N6O2. The van der Waals surface area contributed by atoms with Gasteiger partial charge in [-0.3, -0.25) is 9.78 Å². The van der Waals surface area contributed by atoms with Gasteiger partial charge in [0.2, 0.25) is 0 Å². The summed E-state index contributed by atoms with van der Waals surface area (Å²) in [5.74, 6) is -1.02. The Hall–Kier alpha value is -3.15. The zero-order chi connectivity index (χ0) is 25.0. The van der Waals surface area contributed by atoms with E-state index in [1.807, 2.05) is 6.92 Å². The number of rotatable bonds is 4. The minimum Gasteiger partial charge on any atom is -0.369 e. The zero-order valence-electron chi connectivity index (χ0n) is 18.1. The van der Waals surface area contributed by atoms with E-state index in [1.54, 1.807) is 0 Å². The number of carbonyl (C=O) groups is 1. The molecule has 1 aliphatic heterocycles. The molecule has 0 aliphatic carbocycles. The molecule has 1 amide bonds. The average molecular weight is 525 g/mol. The smallest absolute Gasteiger partial charge is 0.369 e. The molecule has 0 radical (unpaired) electrons. The lowest BCUT2D eigenvalue weighted by Gasteiger charge is -2.23. The maximum atomic E-state index is 14.1. The first-order chi connectivity index (χ1) is 16.6. The fourth-order valence-electron chi connectivity index (χ4n) is 4.18. The molecule has 5 heterocycles. The highest BCUT2D eigenvalue weighted by molar-refractivity contribution is 6.31. The third kappa shape index (κ3) is 4.13. The number of hydrogen-bond donors (Lipinski definition) is 1. The van der Waals surface area contributed by atoms with Crippen molar-refractivity contribution in [3.63, 3.8) is 0 Å². The van der Waals surface area contributed by atoms with Crippen molar-refractivity contribution in [1.29, 1.82) is 0 Å². The summed E-state index contributed by atoms with van der Waals surface area (Å²) in [6.07, 6.45) is 0.279. The van der Waals surface area contributed by atoms with Gasteiger partial charge in [-0.05, 0) is 44.0 Å².